The Bertz CT molecular complexity index is 419. The van der Waals surface area contributed by atoms with Crippen LogP contribution in [0, 0.1) is 5.92 Å². The molecule has 16 heavy (non-hydrogen) atoms. The highest BCUT2D eigenvalue weighted by molar-refractivity contribution is 9.09. The minimum absolute atomic E-state index is 0.727. The van der Waals surface area contributed by atoms with Crippen LogP contribution in [0.3, 0.4) is 0 Å². The Balaban J connectivity index is 2.14. The SMILES string of the molecule is CCCC(CBr)Cc1nc2ccccc2s1. The number of halogens is 1. The zero-order valence-corrected chi connectivity index (χ0v) is 11.9. The summed E-state index contributed by atoms with van der Waals surface area (Å²) in [5.74, 6) is 0.727. The lowest BCUT2D eigenvalue weighted by Crippen LogP contribution is -2.05. The second-order valence-corrected chi connectivity index (χ2v) is 5.85. The smallest absolute Gasteiger partial charge is 0.0941 e. The first-order chi connectivity index (χ1) is 7.83. The number of alkyl halides is 1. The number of aromatic nitrogens is 1. The number of hydrogen-bond acceptors (Lipinski definition) is 2. The van der Waals surface area contributed by atoms with Gasteiger partial charge in [0, 0.05) is 11.8 Å². The lowest BCUT2D eigenvalue weighted by atomic mass is 10.0. The first-order valence-electron chi connectivity index (χ1n) is 5.74. The van der Waals surface area contributed by atoms with E-state index in [9.17, 15) is 0 Å². The molecule has 2 rings (SSSR count). The highest BCUT2D eigenvalue weighted by Crippen LogP contribution is 2.25. The zero-order valence-electron chi connectivity index (χ0n) is 9.45. The Hall–Kier alpha value is -0.410. The molecule has 0 bridgehead atoms. The third-order valence-corrected chi connectivity index (χ3v) is 4.69. The summed E-state index contributed by atoms with van der Waals surface area (Å²) < 4.78 is 1.31. The summed E-state index contributed by atoms with van der Waals surface area (Å²) >= 11 is 5.43. The molecule has 1 atom stereocenters. The predicted octanol–water partition coefficient (Wildman–Crippen LogP) is 4.65. The molecule has 1 heterocycles. The third-order valence-electron chi connectivity index (χ3n) is 2.72. The minimum Gasteiger partial charge on any atom is -0.241 e. The van der Waals surface area contributed by atoms with E-state index < -0.39 is 0 Å². The van der Waals surface area contributed by atoms with E-state index in [1.807, 2.05) is 11.3 Å². The van der Waals surface area contributed by atoms with Crippen LogP contribution >= 0.6 is 27.3 Å². The Morgan fingerprint density at radius 2 is 2.19 bits per heavy atom. The molecule has 0 radical (unpaired) electrons. The highest BCUT2D eigenvalue weighted by atomic mass is 79.9. The van der Waals surface area contributed by atoms with Crippen LogP contribution in [0.1, 0.15) is 24.8 Å². The second kappa shape index (κ2) is 5.78. The lowest BCUT2D eigenvalue weighted by molar-refractivity contribution is 0.533. The van der Waals surface area contributed by atoms with Gasteiger partial charge in [0.2, 0.25) is 0 Å². The Kier molecular flexibility index (Phi) is 4.36. The van der Waals surface area contributed by atoms with Gasteiger partial charge in [0.1, 0.15) is 0 Å². The molecular weight excluding hydrogens is 282 g/mol. The Morgan fingerprint density at radius 1 is 1.38 bits per heavy atom. The van der Waals surface area contributed by atoms with Gasteiger partial charge < -0.3 is 0 Å². The van der Waals surface area contributed by atoms with Crippen molar-refractivity contribution in [1.29, 1.82) is 0 Å². The molecule has 0 fully saturated rings. The summed E-state index contributed by atoms with van der Waals surface area (Å²) in [5.41, 5.74) is 1.15. The second-order valence-electron chi connectivity index (χ2n) is 4.09. The Morgan fingerprint density at radius 3 is 2.88 bits per heavy atom. The molecule has 0 N–H and O–H groups in total. The molecule has 3 heteroatoms. The van der Waals surface area contributed by atoms with Crippen LogP contribution in [0.15, 0.2) is 24.3 Å². The Labute approximate surface area is 109 Å². The molecule has 0 spiro atoms. The van der Waals surface area contributed by atoms with Gasteiger partial charge in [-0.3, -0.25) is 0 Å². The van der Waals surface area contributed by atoms with Gasteiger partial charge in [0.05, 0.1) is 15.2 Å². The first-order valence-corrected chi connectivity index (χ1v) is 7.67. The summed E-state index contributed by atoms with van der Waals surface area (Å²) in [6.07, 6.45) is 3.64. The summed E-state index contributed by atoms with van der Waals surface area (Å²) in [7, 11) is 0. The average Bonchev–Trinajstić information content (AvgIpc) is 2.70. The largest absolute Gasteiger partial charge is 0.241 e. The summed E-state index contributed by atoms with van der Waals surface area (Å²) in [6, 6.07) is 8.38. The number of rotatable bonds is 5. The van der Waals surface area contributed by atoms with Crippen LogP contribution in [-0.2, 0) is 6.42 Å². The molecule has 0 aliphatic heterocycles. The van der Waals surface area contributed by atoms with Gasteiger partial charge in [0.25, 0.3) is 0 Å². The van der Waals surface area contributed by atoms with Gasteiger partial charge in [-0.25, -0.2) is 4.98 Å². The number of benzene rings is 1. The number of hydrogen-bond donors (Lipinski definition) is 0. The van der Waals surface area contributed by atoms with Crippen LogP contribution in [-0.4, -0.2) is 10.3 Å². The average molecular weight is 298 g/mol. The number of thiazole rings is 1. The molecule has 0 amide bonds. The van der Waals surface area contributed by atoms with E-state index in [2.05, 4.69) is 52.1 Å². The maximum atomic E-state index is 4.68. The van der Waals surface area contributed by atoms with E-state index in [4.69, 9.17) is 0 Å². The van der Waals surface area contributed by atoms with Gasteiger partial charge in [-0.05, 0) is 24.5 Å². The molecule has 0 aliphatic rings. The van der Waals surface area contributed by atoms with Gasteiger partial charge in [-0.2, -0.15) is 0 Å². The summed E-state index contributed by atoms with van der Waals surface area (Å²) in [5, 5.41) is 2.36. The van der Waals surface area contributed by atoms with Crippen LogP contribution < -0.4 is 0 Å². The van der Waals surface area contributed by atoms with Gasteiger partial charge in [-0.1, -0.05) is 41.4 Å². The van der Waals surface area contributed by atoms with Crippen molar-refractivity contribution in [2.75, 3.05) is 5.33 Å². The van der Waals surface area contributed by atoms with Gasteiger partial charge in [-0.15, -0.1) is 11.3 Å². The fourth-order valence-corrected chi connectivity index (χ4v) is 3.53. The third kappa shape index (κ3) is 2.83. The highest BCUT2D eigenvalue weighted by Gasteiger charge is 2.10. The van der Waals surface area contributed by atoms with Crippen LogP contribution in [0.2, 0.25) is 0 Å². The zero-order chi connectivity index (χ0) is 11.4. The van der Waals surface area contributed by atoms with Crippen molar-refractivity contribution in [2.45, 2.75) is 26.2 Å². The van der Waals surface area contributed by atoms with Crippen molar-refractivity contribution < 1.29 is 0 Å². The first kappa shape index (κ1) is 12.1. The fraction of sp³-hybridized carbons (Fsp3) is 0.462. The maximum Gasteiger partial charge on any atom is 0.0941 e. The quantitative estimate of drug-likeness (QED) is 0.732. The number of nitrogens with zero attached hydrogens (tertiary/aromatic N) is 1. The molecule has 0 aliphatic carbocycles. The van der Waals surface area contributed by atoms with E-state index >= 15 is 0 Å². The monoisotopic (exact) mass is 297 g/mol. The standard InChI is InChI=1S/C13H16BrNS/c1-2-5-10(9-14)8-13-15-11-6-3-4-7-12(11)16-13/h3-4,6-7,10H,2,5,8-9H2,1H3. The van der Waals surface area contributed by atoms with Gasteiger partial charge >= 0.3 is 0 Å². The van der Waals surface area contributed by atoms with E-state index in [0.29, 0.717) is 0 Å². The van der Waals surface area contributed by atoms with Crippen molar-refractivity contribution in [3.8, 4) is 0 Å². The molecule has 86 valence electrons. The molecule has 1 aromatic carbocycles. The van der Waals surface area contributed by atoms with Gasteiger partial charge in [0.15, 0.2) is 0 Å². The number of para-hydroxylation sites is 1. The molecule has 1 nitrogen and oxygen atoms in total. The fourth-order valence-electron chi connectivity index (χ4n) is 1.90. The summed E-state index contributed by atoms with van der Waals surface area (Å²) in [4.78, 5) is 4.68. The van der Waals surface area contributed by atoms with Crippen LogP contribution in [0.4, 0.5) is 0 Å². The number of fused-ring (bicyclic) bond motifs is 1. The molecule has 2 aromatic rings. The van der Waals surface area contributed by atoms with Crippen molar-refractivity contribution in [3.63, 3.8) is 0 Å². The molecular formula is C13H16BrNS. The van der Waals surface area contributed by atoms with E-state index in [-0.39, 0.29) is 0 Å². The normalized spacial score (nSPS) is 13.1. The molecule has 0 saturated heterocycles. The van der Waals surface area contributed by atoms with Crippen molar-refractivity contribution >= 4 is 37.5 Å². The van der Waals surface area contributed by atoms with Crippen molar-refractivity contribution in [2.24, 2.45) is 5.92 Å². The topological polar surface area (TPSA) is 12.9 Å². The minimum atomic E-state index is 0.727. The van der Waals surface area contributed by atoms with Crippen molar-refractivity contribution in [1.82, 2.24) is 4.98 Å². The predicted molar refractivity (Wildman–Crippen MR) is 75.5 cm³/mol. The summed E-state index contributed by atoms with van der Waals surface area (Å²) in [6.45, 7) is 2.24. The lowest BCUT2D eigenvalue weighted by Gasteiger charge is -2.09. The van der Waals surface area contributed by atoms with Crippen molar-refractivity contribution in [3.05, 3.63) is 29.3 Å². The van der Waals surface area contributed by atoms with Crippen LogP contribution in [0.25, 0.3) is 10.2 Å². The van der Waals surface area contributed by atoms with Crippen LogP contribution in [0.5, 0.6) is 0 Å². The van der Waals surface area contributed by atoms with E-state index in [1.54, 1.807) is 0 Å². The maximum absolute atomic E-state index is 4.68. The van der Waals surface area contributed by atoms with E-state index in [1.165, 1.54) is 22.5 Å². The van der Waals surface area contributed by atoms with E-state index in [0.717, 1.165) is 23.2 Å². The molecule has 0 saturated carbocycles. The molecule has 1 unspecified atom stereocenters. The molecule has 1 aromatic heterocycles.